The van der Waals surface area contributed by atoms with Gasteiger partial charge in [-0.25, -0.2) is 0 Å². The van der Waals surface area contributed by atoms with Gasteiger partial charge in [-0.2, -0.15) is 5.26 Å². The van der Waals surface area contributed by atoms with Gasteiger partial charge in [0.15, 0.2) is 0 Å². The number of hydrogen-bond donors (Lipinski definition) is 2. The number of carbonyl (C=O) groups excluding carboxylic acids is 1. The number of rotatable bonds is 7. The van der Waals surface area contributed by atoms with E-state index in [-0.39, 0.29) is 11.5 Å². The smallest absolute Gasteiger partial charge is 0.263 e. The van der Waals surface area contributed by atoms with Crippen LogP contribution in [0.2, 0.25) is 0 Å². The Hall–Kier alpha value is -2.28. The van der Waals surface area contributed by atoms with Crippen molar-refractivity contribution >= 4 is 5.91 Å². The van der Waals surface area contributed by atoms with Gasteiger partial charge in [0.1, 0.15) is 11.6 Å². The van der Waals surface area contributed by atoms with Gasteiger partial charge in [-0.1, -0.05) is 44.2 Å². The van der Waals surface area contributed by atoms with Gasteiger partial charge in [0.25, 0.3) is 5.91 Å². The summed E-state index contributed by atoms with van der Waals surface area (Å²) in [5.41, 5.74) is 1.33. The summed E-state index contributed by atoms with van der Waals surface area (Å²) in [6.07, 6.45) is 2.34. The first-order chi connectivity index (χ1) is 9.63. The average Bonchev–Trinajstić information content (AvgIpc) is 2.46. The average molecular weight is 271 g/mol. The van der Waals surface area contributed by atoms with E-state index in [9.17, 15) is 4.79 Å². The van der Waals surface area contributed by atoms with Crippen molar-refractivity contribution in [2.45, 2.75) is 20.3 Å². The zero-order valence-electron chi connectivity index (χ0n) is 12.0. The van der Waals surface area contributed by atoms with E-state index in [1.165, 1.54) is 11.8 Å². The van der Waals surface area contributed by atoms with Crippen LogP contribution in [0.1, 0.15) is 19.4 Å². The van der Waals surface area contributed by atoms with Crippen molar-refractivity contribution < 1.29 is 4.79 Å². The molecule has 0 aliphatic rings. The molecule has 1 aromatic carbocycles. The monoisotopic (exact) mass is 271 g/mol. The SMILES string of the molecule is CC(C)CNC(=O)/C(C#N)=C\NCCc1ccccc1. The summed E-state index contributed by atoms with van der Waals surface area (Å²) in [4.78, 5) is 11.7. The first kappa shape index (κ1) is 15.8. The maximum absolute atomic E-state index is 11.7. The molecule has 0 radical (unpaired) electrons. The van der Waals surface area contributed by atoms with Crippen LogP contribution in [0.5, 0.6) is 0 Å². The predicted molar refractivity (Wildman–Crippen MR) is 79.7 cm³/mol. The summed E-state index contributed by atoms with van der Waals surface area (Å²) >= 11 is 0. The van der Waals surface area contributed by atoms with Gasteiger partial charge in [-0.05, 0) is 17.9 Å². The fourth-order valence-corrected chi connectivity index (χ4v) is 1.58. The molecule has 20 heavy (non-hydrogen) atoms. The normalized spacial score (nSPS) is 11.0. The molecule has 1 aromatic rings. The first-order valence-corrected chi connectivity index (χ1v) is 6.79. The molecule has 0 aliphatic carbocycles. The van der Waals surface area contributed by atoms with Crippen molar-refractivity contribution in [1.29, 1.82) is 5.26 Å². The second-order valence-electron chi connectivity index (χ2n) is 4.96. The second-order valence-corrected chi connectivity index (χ2v) is 4.96. The number of nitriles is 1. The highest BCUT2D eigenvalue weighted by atomic mass is 16.1. The zero-order valence-corrected chi connectivity index (χ0v) is 12.0. The Balaban J connectivity index is 2.38. The Morgan fingerprint density at radius 1 is 1.35 bits per heavy atom. The van der Waals surface area contributed by atoms with Crippen LogP contribution in [0.25, 0.3) is 0 Å². The highest BCUT2D eigenvalue weighted by Gasteiger charge is 2.08. The van der Waals surface area contributed by atoms with Crippen LogP contribution in [0.3, 0.4) is 0 Å². The fraction of sp³-hybridized carbons (Fsp3) is 0.375. The molecule has 0 fully saturated rings. The largest absolute Gasteiger partial charge is 0.389 e. The summed E-state index contributed by atoms with van der Waals surface area (Å²) in [6.45, 7) is 5.27. The number of nitrogens with zero attached hydrogens (tertiary/aromatic N) is 1. The van der Waals surface area contributed by atoms with Gasteiger partial charge in [-0.3, -0.25) is 4.79 Å². The van der Waals surface area contributed by atoms with Crippen molar-refractivity contribution in [1.82, 2.24) is 10.6 Å². The van der Waals surface area contributed by atoms with Gasteiger partial charge >= 0.3 is 0 Å². The number of nitrogens with one attached hydrogen (secondary N) is 2. The molecule has 4 nitrogen and oxygen atoms in total. The lowest BCUT2D eigenvalue weighted by Gasteiger charge is -2.07. The van der Waals surface area contributed by atoms with E-state index >= 15 is 0 Å². The lowest BCUT2D eigenvalue weighted by Crippen LogP contribution is -2.29. The van der Waals surface area contributed by atoms with Crippen molar-refractivity contribution in [3.63, 3.8) is 0 Å². The second kappa shape index (κ2) is 8.76. The highest BCUT2D eigenvalue weighted by molar-refractivity contribution is 5.97. The molecule has 1 rings (SSSR count). The Morgan fingerprint density at radius 2 is 2.05 bits per heavy atom. The highest BCUT2D eigenvalue weighted by Crippen LogP contribution is 1.98. The number of hydrogen-bond acceptors (Lipinski definition) is 3. The van der Waals surface area contributed by atoms with Crippen LogP contribution in [0.15, 0.2) is 42.1 Å². The van der Waals surface area contributed by atoms with E-state index in [0.717, 1.165) is 6.42 Å². The van der Waals surface area contributed by atoms with Gasteiger partial charge in [0, 0.05) is 19.3 Å². The van der Waals surface area contributed by atoms with Crippen molar-refractivity contribution in [2.75, 3.05) is 13.1 Å². The Labute approximate surface area is 120 Å². The summed E-state index contributed by atoms with van der Waals surface area (Å²) in [7, 11) is 0. The topological polar surface area (TPSA) is 64.9 Å². The quantitative estimate of drug-likeness (QED) is 0.453. The van der Waals surface area contributed by atoms with E-state index in [1.54, 1.807) is 0 Å². The third-order valence-electron chi connectivity index (χ3n) is 2.68. The molecule has 0 aromatic heterocycles. The van der Waals surface area contributed by atoms with Crippen molar-refractivity contribution in [3.05, 3.63) is 47.7 Å². The Kier molecular flexibility index (Phi) is 6.91. The van der Waals surface area contributed by atoms with Crippen LogP contribution in [-0.2, 0) is 11.2 Å². The van der Waals surface area contributed by atoms with Crippen molar-refractivity contribution in [2.24, 2.45) is 5.92 Å². The molecule has 1 amide bonds. The van der Waals surface area contributed by atoms with Crippen LogP contribution in [0.4, 0.5) is 0 Å². The molecular formula is C16H21N3O. The number of amides is 1. The first-order valence-electron chi connectivity index (χ1n) is 6.79. The minimum absolute atomic E-state index is 0.110. The minimum Gasteiger partial charge on any atom is -0.389 e. The molecule has 0 bridgehead atoms. The van der Waals surface area contributed by atoms with E-state index in [2.05, 4.69) is 10.6 Å². The molecule has 0 atom stereocenters. The van der Waals surface area contributed by atoms with E-state index in [0.29, 0.717) is 19.0 Å². The minimum atomic E-state index is -0.326. The molecular weight excluding hydrogens is 250 g/mol. The Bertz CT molecular complexity index is 486. The number of carbonyl (C=O) groups is 1. The Morgan fingerprint density at radius 3 is 2.65 bits per heavy atom. The van der Waals surface area contributed by atoms with Gasteiger partial charge in [0.2, 0.25) is 0 Å². The van der Waals surface area contributed by atoms with Crippen LogP contribution >= 0.6 is 0 Å². The van der Waals surface area contributed by atoms with E-state index in [4.69, 9.17) is 5.26 Å². The van der Waals surface area contributed by atoms with Gasteiger partial charge in [-0.15, -0.1) is 0 Å². The van der Waals surface area contributed by atoms with Crippen LogP contribution in [0, 0.1) is 17.2 Å². The van der Waals surface area contributed by atoms with E-state index in [1.807, 2.05) is 50.2 Å². The maximum Gasteiger partial charge on any atom is 0.263 e. The van der Waals surface area contributed by atoms with E-state index < -0.39 is 0 Å². The van der Waals surface area contributed by atoms with Crippen LogP contribution in [-0.4, -0.2) is 19.0 Å². The summed E-state index contributed by atoms with van der Waals surface area (Å²) in [5.74, 6) is 0.0401. The molecule has 0 aliphatic heterocycles. The van der Waals surface area contributed by atoms with Crippen LogP contribution < -0.4 is 10.6 Å². The molecule has 0 unspecified atom stereocenters. The summed E-state index contributed by atoms with van der Waals surface area (Å²) < 4.78 is 0. The lowest BCUT2D eigenvalue weighted by atomic mass is 10.1. The molecule has 2 N–H and O–H groups in total. The molecule has 4 heteroatoms. The third-order valence-corrected chi connectivity index (χ3v) is 2.68. The number of benzene rings is 1. The predicted octanol–water partition coefficient (Wildman–Crippen LogP) is 2.00. The zero-order chi connectivity index (χ0) is 14.8. The molecule has 0 saturated carbocycles. The standard InChI is InChI=1S/C16H21N3O/c1-13(2)11-19-16(20)15(10-17)12-18-9-8-14-6-4-3-5-7-14/h3-7,12-13,18H,8-9,11H2,1-2H3,(H,19,20)/b15-12-. The molecule has 106 valence electrons. The molecule has 0 heterocycles. The third kappa shape index (κ3) is 6.05. The summed E-state index contributed by atoms with van der Waals surface area (Å²) in [6, 6.07) is 12.0. The summed E-state index contributed by atoms with van der Waals surface area (Å²) in [5, 5.41) is 14.7. The van der Waals surface area contributed by atoms with Gasteiger partial charge < -0.3 is 10.6 Å². The van der Waals surface area contributed by atoms with Gasteiger partial charge in [0.05, 0.1) is 0 Å². The fourth-order valence-electron chi connectivity index (χ4n) is 1.58. The lowest BCUT2D eigenvalue weighted by molar-refractivity contribution is -0.117. The molecule has 0 saturated heterocycles. The molecule has 0 spiro atoms. The van der Waals surface area contributed by atoms with Crippen molar-refractivity contribution in [3.8, 4) is 6.07 Å². The maximum atomic E-state index is 11.7.